The summed E-state index contributed by atoms with van der Waals surface area (Å²) in [4.78, 5) is 36.6. The van der Waals surface area contributed by atoms with Crippen LogP contribution < -0.4 is 10.1 Å². The summed E-state index contributed by atoms with van der Waals surface area (Å²) in [5.41, 5.74) is 3.31. The minimum Gasteiger partial charge on any atom is -0.426 e. The van der Waals surface area contributed by atoms with E-state index in [1.807, 2.05) is 23.6 Å². The molecule has 1 aromatic carbocycles. The fraction of sp³-hybridized carbons (Fsp3) is 0.350. The third kappa shape index (κ3) is 4.16. The van der Waals surface area contributed by atoms with E-state index in [1.54, 1.807) is 12.4 Å². The molecule has 0 aliphatic carbocycles. The van der Waals surface area contributed by atoms with E-state index in [1.165, 1.54) is 13.8 Å². The van der Waals surface area contributed by atoms with Crippen LogP contribution in [0.4, 0.5) is 5.95 Å². The summed E-state index contributed by atoms with van der Waals surface area (Å²) in [6.45, 7) is 7.56. The number of imidazole rings is 1. The lowest BCUT2D eigenvalue weighted by molar-refractivity contribution is -0.131. The van der Waals surface area contributed by atoms with Crippen molar-refractivity contribution >= 4 is 29.0 Å². The summed E-state index contributed by atoms with van der Waals surface area (Å²) in [5.74, 6) is -0.126. The average molecular weight is 381 g/mol. The smallest absolute Gasteiger partial charge is 0.308 e. The number of benzene rings is 1. The molecule has 0 aliphatic rings. The molecule has 0 saturated carbocycles. The highest BCUT2D eigenvalue weighted by atomic mass is 16.5. The van der Waals surface area contributed by atoms with Gasteiger partial charge in [-0.25, -0.2) is 9.97 Å². The molecule has 2 aromatic heterocycles. The Hall–Kier alpha value is -3.29. The van der Waals surface area contributed by atoms with Crippen molar-refractivity contribution in [3.05, 3.63) is 30.1 Å². The molecule has 1 N–H and O–H groups in total. The number of carbonyl (C=O) groups is 2. The van der Waals surface area contributed by atoms with Gasteiger partial charge in [-0.15, -0.1) is 0 Å². The lowest BCUT2D eigenvalue weighted by Crippen LogP contribution is -2.11. The summed E-state index contributed by atoms with van der Waals surface area (Å²) in [5, 5.41) is 2.65. The first-order valence-corrected chi connectivity index (χ1v) is 9.19. The van der Waals surface area contributed by atoms with E-state index >= 15 is 0 Å². The summed E-state index contributed by atoms with van der Waals surface area (Å²) in [6.07, 6.45) is 3.73. The van der Waals surface area contributed by atoms with E-state index in [0.717, 1.165) is 24.9 Å². The maximum atomic E-state index is 11.6. The number of ether oxygens (including phenoxy) is 1. The van der Waals surface area contributed by atoms with Crippen LogP contribution in [0.15, 0.2) is 24.5 Å². The highest BCUT2D eigenvalue weighted by molar-refractivity contribution is 5.93. The lowest BCUT2D eigenvalue weighted by atomic mass is 10.1. The topological polar surface area (TPSA) is 99.0 Å². The Morgan fingerprint density at radius 1 is 1.21 bits per heavy atom. The number of amides is 1. The predicted octanol–water partition coefficient (Wildman–Crippen LogP) is 3.49. The Balaban J connectivity index is 2.25. The van der Waals surface area contributed by atoms with Crippen LogP contribution in [-0.2, 0) is 16.1 Å². The molecule has 0 radical (unpaired) electrons. The van der Waals surface area contributed by atoms with Gasteiger partial charge in [0, 0.05) is 26.0 Å². The van der Waals surface area contributed by atoms with Gasteiger partial charge < -0.3 is 9.30 Å². The van der Waals surface area contributed by atoms with Crippen molar-refractivity contribution in [3.8, 4) is 17.0 Å². The van der Waals surface area contributed by atoms with Gasteiger partial charge in [-0.3, -0.25) is 14.9 Å². The van der Waals surface area contributed by atoms with Crippen LogP contribution >= 0.6 is 0 Å². The van der Waals surface area contributed by atoms with Gasteiger partial charge in [0.15, 0.2) is 5.65 Å². The second-order valence-electron chi connectivity index (χ2n) is 6.63. The Bertz CT molecular complexity index is 1040. The number of fused-ring (bicyclic) bond motifs is 1. The van der Waals surface area contributed by atoms with Crippen LogP contribution in [0, 0.1) is 6.92 Å². The van der Waals surface area contributed by atoms with Crippen LogP contribution in [0.3, 0.4) is 0 Å². The molecule has 0 atom stereocenters. The van der Waals surface area contributed by atoms with E-state index in [4.69, 9.17) is 4.74 Å². The maximum Gasteiger partial charge on any atom is 0.308 e. The van der Waals surface area contributed by atoms with E-state index in [0.29, 0.717) is 28.2 Å². The van der Waals surface area contributed by atoms with E-state index in [9.17, 15) is 9.59 Å². The SMILES string of the molecule is CCCCn1cnc2c(-c3cc(C)ccc3OC(C)=O)nc(NC(C)=O)nc21. The van der Waals surface area contributed by atoms with Crippen LogP contribution in [0.1, 0.15) is 39.2 Å². The van der Waals surface area contributed by atoms with Gasteiger partial charge >= 0.3 is 5.97 Å². The molecule has 8 nitrogen and oxygen atoms in total. The summed E-state index contributed by atoms with van der Waals surface area (Å²) >= 11 is 0. The first-order valence-electron chi connectivity index (χ1n) is 9.19. The highest BCUT2D eigenvalue weighted by Crippen LogP contribution is 2.34. The molecule has 0 unspecified atom stereocenters. The number of aromatic nitrogens is 4. The zero-order valence-electron chi connectivity index (χ0n) is 16.4. The molecule has 3 rings (SSSR count). The van der Waals surface area contributed by atoms with Crippen molar-refractivity contribution in [2.75, 3.05) is 5.32 Å². The molecule has 146 valence electrons. The molecule has 1 amide bonds. The second kappa shape index (κ2) is 8.16. The number of nitrogens with zero attached hydrogens (tertiary/aromatic N) is 4. The number of hydrogen-bond acceptors (Lipinski definition) is 6. The molecule has 8 heteroatoms. The summed E-state index contributed by atoms with van der Waals surface area (Å²) < 4.78 is 7.32. The van der Waals surface area contributed by atoms with Crippen molar-refractivity contribution < 1.29 is 14.3 Å². The van der Waals surface area contributed by atoms with Crippen LogP contribution in [-0.4, -0.2) is 31.4 Å². The Morgan fingerprint density at radius 2 is 2.00 bits per heavy atom. The number of anilines is 1. The molecular formula is C20H23N5O3. The molecule has 0 bridgehead atoms. The minimum absolute atomic E-state index is 0.184. The second-order valence-corrected chi connectivity index (χ2v) is 6.63. The van der Waals surface area contributed by atoms with Gasteiger partial charge in [0.25, 0.3) is 0 Å². The number of esters is 1. The molecule has 0 aliphatic heterocycles. The van der Waals surface area contributed by atoms with Gasteiger partial charge in [0.05, 0.1) is 6.33 Å². The Morgan fingerprint density at radius 3 is 2.68 bits per heavy atom. The van der Waals surface area contributed by atoms with Gasteiger partial charge in [-0.05, 0) is 25.5 Å². The molecule has 0 fully saturated rings. The number of rotatable bonds is 6. The Kier molecular flexibility index (Phi) is 5.67. The predicted molar refractivity (Wildman–Crippen MR) is 106 cm³/mol. The molecule has 0 saturated heterocycles. The van der Waals surface area contributed by atoms with Gasteiger partial charge in [0.1, 0.15) is 17.0 Å². The zero-order valence-corrected chi connectivity index (χ0v) is 16.4. The first-order chi connectivity index (χ1) is 13.4. The number of nitrogens with one attached hydrogen (secondary N) is 1. The highest BCUT2D eigenvalue weighted by Gasteiger charge is 2.19. The average Bonchev–Trinajstić information content (AvgIpc) is 3.03. The van der Waals surface area contributed by atoms with E-state index in [-0.39, 0.29) is 11.9 Å². The van der Waals surface area contributed by atoms with Crippen molar-refractivity contribution in [1.29, 1.82) is 0 Å². The number of unbranched alkanes of at least 4 members (excludes halogenated alkanes) is 1. The first kappa shape index (κ1) is 19.5. The van der Waals surface area contributed by atoms with Crippen LogP contribution in [0.5, 0.6) is 5.75 Å². The monoisotopic (exact) mass is 381 g/mol. The third-order valence-electron chi connectivity index (χ3n) is 4.15. The van der Waals surface area contributed by atoms with Crippen molar-refractivity contribution in [2.45, 2.75) is 47.1 Å². The zero-order chi connectivity index (χ0) is 20.3. The normalized spacial score (nSPS) is 10.9. The van der Waals surface area contributed by atoms with Gasteiger partial charge in [0.2, 0.25) is 11.9 Å². The van der Waals surface area contributed by atoms with Crippen LogP contribution in [0.25, 0.3) is 22.4 Å². The van der Waals surface area contributed by atoms with Crippen LogP contribution in [0.2, 0.25) is 0 Å². The molecule has 2 heterocycles. The maximum absolute atomic E-state index is 11.6. The van der Waals surface area contributed by atoms with Crippen molar-refractivity contribution in [3.63, 3.8) is 0 Å². The largest absolute Gasteiger partial charge is 0.426 e. The van der Waals surface area contributed by atoms with Gasteiger partial charge in [-0.2, -0.15) is 4.98 Å². The molecule has 3 aromatic rings. The minimum atomic E-state index is -0.425. The molecular weight excluding hydrogens is 358 g/mol. The van der Waals surface area contributed by atoms with E-state index in [2.05, 4.69) is 27.2 Å². The van der Waals surface area contributed by atoms with E-state index < -0.39 is 5.97 Å². The quantitative estimate of drug-likeness (QED) is 0.518. The van der Waals surface area contributed by atoms with Crippen molar-refractivity contribution in [2.24, 2.45) is 0 Å². The number of hydrogen-bond donors (Lipinski definition) is 1. The fourth-order valence-corrected chi connectivity index (χ4v) is 2.91. The summed E-state index contributed by atoms with van der Waals surface area (Å²) in [6, 6.07) is 5.46. The lowest BCUT2D eigenvalue weighted by Gasteiger charge is -2.12. The standard InChI is InChI=1S/C20H23N5O3/c1-5-6-9-25-11-21-18-17(23-20(22-13(3)26)24-19(18)25)15-10-12(2)7-8-16(15)28-14(4)27/h7-8,10-11H,5-6,9H2,1-4H3,(H,22,23,24,26). The van der Waals surface area contributed by atoms with Crippen molar-refractivity contribution in [1.82, 2.24) is 19.5 Å². The fourth-order valence-electron chi connectivity index (χ4n) is 2.91. The van der Waals surface area contributed by atoms with Gasteiger partial charge in [-0.1, -0.05) is 25.0 Å². The molecule has 28 heavy (non-hydrogen) atoms. The summed E-state index contributed by atoms with van der Waals surface area (Å²) in [7, 11) is 0. The number of carbonyl (C=O) groups excluding carboxylic acids is 2. The molecule has 0 spiro atoms. The Labute approximate surface area is 163 Å². The number of aryl methyl sites for hydroxylation is 2. The third-order valence-corrected chi connectivity index (χ3v) is 4.15.